The summed E-state index contributed by atoms with van der Waals surface area (Å²) in [6.45, 7) is 14.6. The van der Waals surface area contributed by atoms with E-state index in [9.17, 15) is 9.59 Å². The molecule has 0 aromatic heterocycles. The van der Waals surface area contributed by atoms with Crippen molar-refractivity contribution < 1.29 is 24.2 Å². The number of hydrogen-bond donors (Lipinski definition) is 1. The van der Waals surface area contributed by atoms with Crippen LogP contribution in [0.5, 0.6) is 11.5 Å². The largest absolute Gasteiger partial charge is 0.479 e. The second-order valence-electron chi connectivity index (χ2n) is 8.44. The van der Waals surface area contributed by atoms with Gasteiger partial charge < -0.3 is 14.6 Å². The molecule has 0 aliphatic carbocycles. The number of ketones is 1. The molecular weight excluding hydrogens is 368 g/mol. The summed E-state index contributed by atoms with van der Waals surface area (Å²) in [5.41, 5.74) is 3.13. The van der Waals surface area contributed by atoms with Gasteiger partial charge in [0.1, 0.15) is 11.5 Å². The van der Waals surface area contributed by atoms with Gasteiger partial charge >= 0.3 is 5.97 Å². The molecule has 0 radical (unpaired) electrons. The Hall–Kier alpha value is -2.82. The lowest BCUT2D eigenvalue weighted by Crippen LogP contribution is -2.38. The van der Waals surface area contributed by atoms with Gasteiger partial charge in [0.05, 0.1) is 5.56 Å². The Morgan fingerprint density at radius 2 is 1.59 bits per heavy atom. The van der Waals surface area contributed by atoms with Gasteiger partial charge in [0.25, 0.3) is 0 Å². The van der Waals surface area contributed by atoms with Crippen molar-refractivity contribution in [2.24, 2.45) is 0 Å². The number of hydrogen-bond acceptors (Lipinski definition) is 4. The lowest BCUT2D eigenvalue weighted by molar-refractivity contribution is -0.152. The number of rotatable bonds is 3. The molecule has 0 bridgehead atoms. The minimum Gasteiger partial charge on any atom is -0.479 e. The third kappa shape index (κ3) is 4.61. The van der Waals surface area contributed by atoms with Crippen molar-refractivity contribution in [3.63, 3.8) is 0 Å². The van der Waals surface area contributed by atoms with Crippen LogP contribution in [0.15, 0.2) is 30.3 Å². The molecule has 0 amide bonds. The summed E-state index contributed by atoms with van der Waals surface area (Å²) in [4.78, 5) is 22.8. The maximum atomic E-state index is 11.9. The standard InChI is InChI=1S/C12H16O3.C12H14O2/c1-8-6-5-7-10(9(8)2)15-12(3,4)11(13)14;1-7-5-6-9-10(8(7)2)14-12(3,4)11(9)13/h5-7H,1-4H3,(H,13,14);5-6H,1-4H3. The minimum absolute atomic E-state index is 0.0793. The van der Waals surface area contributed by atoms with E-state index in [-0.39, 0.29) is 5.78 Å². The minimum atomic E-state index is -1.20. The molecule has 1 aliphatic rings. The fraction of sp³-hybridized carbons (Fsp3) is 0.417. The number of carbonyl (C=O) groups excluding carboxylic acids is 1. The molecule has 29 heavy (non-hydrogen) atoms. The zero-order valence-electron chi connectivity index (χ0n) is 18.5. The zero-order chi connectivity index (χ0) is 22.1. The number of aliphatic carboxylic acids is 1. The van der Waals surface area contributed by atoms with Crippen molar-refractivity contribution in [1.82, 2.24) is 0 Å². The first-order valence-electron chi connectivity index (χ1n) is 9.60. The van der Waals surface area contributed by atoms with Gasteiger partial charge in [-0.3, -0.25) is 4.79 Å². The highest BCUT2D eigenvalue weighted by molar-refractivity contribution is 6.07. The van der Waals surface area contributed by atoms with Crippen molar-refractivity contribution in [3.8, 4) is 11.5 Å². The Balaban J connectivity index is 0.000000207. The maximum Gasteiger partial charge on any atom is 0.347 e. The molecule has 1 N–H and O–H groups in total. The van der Waals surface area contributed by atoms with Gasteiger partial charge in [0, 0.05) is 0 Å². The summed E-state index contributed by atoms with van der Waals surface area (Å²) in [5.74, 6) is 0.501. The smallest absolute Gasteiger partial charge is 0.347 e. The average Bonchev–Trinajstić information content (AvgIpc) is 2.86. The lowest BCUT2D eigenvalue weighted by atomic mass is 9.97. The van der Waals surface area contributed by atoms with Gasteiger partial charge in [-0.2, -0.15) is 0 Å². The van der Waals surface area contributed by atoms with Crippen LogP contribution in [0.25, 0.3) is 0 Å². The third-order valence-corrected chi connectivity index (χ3v) is 5.26. The van der Waals surface area contributed by atoms with Gasteiger partial charge in [-0.15, -0.1) is 0 Å². The number of carboxylic acid groups (broad SMARTS) is 1. The van der Waals surface area contributed by atoms with Crippen LogP contribution in [0.2, 0.25) is 0 Å². The van der Waals surface area contributed by atoms with E-state index in [1.54, 1.807) is 6.07 Å². The van der Waals surface area contributed by atoms with Crippen LogP contribution in [-0.4, -0.2) is 28.1 Å². The first-order chi connectivity index (χ1) is 13.3. The number of fused-ring (bicyclic) bond motifs is 1. The van der Waals surface area contributed by atoms with Gasteiger partial charge in [-0.1, -0.05) is 18.2 Å². The number of Topliss-reactive ketones (excluding diaryl/α,β-unsaturated/α-hetero) is 1. The predicted molar refractivity (Wildman–Crippen MR) is 113 cm³/mol. The molecule has 0 saturated carbocycles. The van der Waals surface area contributed by atoms with E-state index in [4.69, 9.17) is 14.6 Å². The van der Waals surface area contributed by atoms with Crippen molar-refractivity contribution in [2.45, 2.75) is 66.6 Å². The molecule has 0 spiro atoms. The fourth-order valence-electron chi connectivity index (χ4n) is 2.88. The van der Waals surface area contributed by atoms with Crippen molar-refractivity contribution in [1.29, 1.82) is 0 Å². The van der Waals surface area contributed by atoms with E-state index < -0.39 is 17.2 Å². The van der Waals surface area contributed by atoms with Gasteiger partial charge in [0.2, 0.25) is 5.78 Å². The molecule has 0 saturated heterocycles. The van der Waals surface area contributed by atoms with Crippen molar-refractivity contribution >= 4 is 11.8 Å². The second kappa shape index (κ2) is 7.90. The molecule has 5 heteroatoms. The predicted octanol–water partition coefficient (Wildman–Crippen LogP) is 5.20. The highest BCUT2D eigenvalue weighted by Gasteiger charge is 2.40. The molecule has 0 fully saturated rings. The number of aryl methyl sites for hydroxylation is 2. The van der Waals surface area contributed by atoms with Crippen molar-refractivity contribution in [3.05, 3.63) is 58.1 Å². The van der Waals surface area contributed by atoms with E-state index in [1.807, 2.05) is 65.8 Å². The normalized spacial score (nSPS) is 14.4. The maximum absolute atomic E-state index is 11.9. The van der Waals surface area contributed by atoms with E-state index in [0.29, 0.717) is 5.75 Å². The van der Waals surface area contributed by atoms with E-state index >= 15 is 0 Å². The monoisotopic (exact) mass is 398 g/mol. The first-order valence-corrected chi connectivity index (χ1v) is 9.60. The second-order valence-corrected chi connectivity index (χ2v) is 8.44. The molecule has 1 heterocycles. The average molecular weight is 398 g/mol. The number of carboxylic acids is 1. The van der Waals surface area contributed by atoms with Gasteiger partial charge in [0.15, 0.2) is 11.2 Å². The topological polar surface area (TPSA) is 72.8 Å². The molecule has 2 aromatic carbocycles. The van der Waals surface area contributed by atoms with Crippen LogP contribution in [0, 0.1) is 27.7 Å². The summed E-state index contributed by atoms with van der Waals surface area (Å²) in [6, 6.07) is 9.43. The Labute approximate surface area is 172 Å². The fourth-order valence-corrected chi connectivity index (χ4v) is 2.88. The quantitative estimate of drug-likeness (QED) is 0.769. The Bertz CT molecular complexity index is 954. The molecule has 0 unspecified atom stereocenters. The molecule has 3 rings (SSSR count). The van der Waals surface area contributed by atoms with Gasteiger partial charge in [-0.25, -0.2) is 4.79 Å². The summed E-state index contributed by atoms with van der Waals surface area (Å²) in [5, 5.41) is 8.94. The molecular formula is C24H30O5. The number of ether oxygens (including phenoxy) is 2. The summed E-state index contributed by atoms with van der Waals surface area (Å²) in [6.07, 6.45) is 0. The molecule has 5 nitrogen and oxygen atoms in total. The van der Waals surface area contributed by atoms with E-state index in [1.165, 1.54) is 13.8 Å². The molecule has 1 aliphatic heterocycles. The molecule has 0 atom stereocenters. The van der Waals surface area contributed by atoms with Crippen LogP contribution in [0.3, 0.4) is 0 Å². The van der Waals surface area contributed by atoms with Crippen LogP contribution in [0.1, 0.15) is 60.3 Å². The summed E-state index contributed by atoms with van der Waals surface area (Å²) < 4.78 is 11.1. The van der Waals surface area contributed by atoms with Crippen molar-refractivity contribution in [2.75, 3.05) is 0 Å². The Morgan fingerprint density at radius 3 is 2.17 bits per heavy atom. The highest BCUT2D eigenvalue weighted by atomic mass is 16.5. The van der Waals surface area contributed by atoms with Crippen LogP contribution < -0.4 is 9.47 Å². The Morgan fingerprint density at radius 1 is 1.00 bits per heavy atom. The van der Waals surface area contributed by atoms with Crippen LogP contribution in [0.4, 0.5) is 0 Å². The number of benzene rings is 2. The van der Waals surface area contributed by atoms with Crippen LogP contribution >= 0.6 is 0 Å². The lowest BCUT2D eigenvalue weighted by Gasteiger charge is -2.23. The van der Waals surface area contributed by atoms with Crippen LogP contribution in [-0.2, 0) is 4.79 Å². The summed E-state index contributed by atoms with van der Waals surface area (Å²) >= 11 is 0. The zero-order valence-corrected chi connectivity index (χ0v) is 18.5. The molecule has 156 valence electrons. The highest BCUT2D eigenvalue weighted by Crippen LogP contribution is 2.38. The third-order valence-electron chi connectivity index (χ3n) is 5.26. The summed E-state index contributed by atoms with van der Waals surface area (Å²) in [7, 11) is 0. The number of carbonyl (C=O) groups is 2. The van der Waals surface area contributed by atoms with E-state index in [0.717, 1.165) is 33.6 Å². The SMILES string of the molecule is Cc1ccc2c(c1C)OC(C)(C)C2=O.Cc1cccc(OC(C)(C)C(=O)O)c1C. The Kier molecular flexibility index (Phi) is 6.12. The first kappa shape index (κ1) is 22.5. The molecule has 2 aromatic rings. The van der Waals surface area contributed by atoms with Gasteiger partial charge in [-0.05, 0) is 89.8 Å². The van der Waals surface area contributed by atoms with E-state index in [2.05, 4.69) is 0 Å².